The molecule has 156 valence electrons. The van der Waals surface area contributed by atoms with Gasteiger partial charge in [0.1, 0.15) is 5.75 Å². The van der Waals surface area contributed by atoms with Crippen LogP contribution in [0.2, 0.25) is 0 Å². The van der Waals surface area contributed by atoms with Gasteiger partial charge in [-0.3, -0.25) is 4.79 Å². The van der Waals surface area contributed by atoms with Gasteiger partial charge >= 0.3 is 0 Å². The minimum Gasteiger partial charge on any atom is -0.491 e. The normalized spacial score (nSPS) is 16.0. The number of amides is 1. The van der Waals surface area contributed by atoms with E-state index < -0.39 is 0 Å². The van der Waals surface area contributed by atoms with Crippen LogP contribution in [-0.2, 0) is 4.79 Å². The van der Waals surface area contributed by atoms with Gasteiger partial charge in [-0.25, -0.2) is 0 Å². The number of hydrogen-bond acceptors (Lipinski definition) is 3. The average Bonchev–Trinajstić information content (AvgIpc) is 2.74. The van der Waals surface area contributed by atoms with E-state index in [2.05, 4.69) is 58.7 Å². The van der Waals surface area contributed by atoms with Gasteiger partial charge in [0.05, 0.1) is 12.0 Å². The molecule has 1 unspecified atom stereocenters. The van der Waals surface area contributed by atoms with Crippen LogP contribution >= 0.6 is 0 Å². The average molecular weight is 395 g/mol. The van der Waals surface area contributed by atoms with Gasteiger partial charge in [0.15, 0.2) is 0 Å². The minimum absolute atomic E-state index is 0.0957. The van der Waals surface area contributed by atoms with Crippen LogP contribution in [-0.4, -0.2) is 31.6 Å². The third-order valence-electron chi connectivity index (χ3n) is 5.72. The third-order valence-corrected chi connectivity index (χ3v) is 5.72. The van der Waals surface area contributed by atoms with Crippen LogP contribution in [0.3, 0.4) is 0 Å². The largest absolute Gasteiger partial charge is 0.491 e. The number of ether oxygens (including phenoxy) is 1. The first-order valence-corrected chi connectivity index (χ1v) is 10.9. The maximum Gasteiger partial charge on any atom is 0.227 e. The van der Waals surface area contributed by atoms with Crippen molar-refractivity contribution in [2.45, 2.75) is 58.5 Å². The minimum atomic E-state index is -0.103. The quantitative estimate of drug-likeness (QED) is 0.710. The fourth-order valence-electron chi connectivity index (χ4n) is 4.01. The molecule has 4 nitrogen and oxygen atoms in total. The zero-order valence-corrected chi connectivity index (χ0v) is 18.2. The van der Waals surface area contributed by atoms with E-state index in [1.807, 2.05) is 27.7 Å². The summed E-state index contributed by atoms with van der Waals surface area (Å²) in [5.74, 6) is 1.51. The summed E-state index contributed by atoms with van der Waals surface area (Å²) in [6.45, 7) is 10.8. The molecule has 29 heavy (non-hydrogen) atoms. The Hall–Kier alpha value is -2.49. The molecule has 0 spiro atoms. The van der Waals surface area contributed by atoms with Crippen molar-refractivity contribution >= 4 is 11.6 Å². The van der Waals surface area contributed by atoms with Crippen molar-refractivity contribution in [3.63, 3.8) is 0 Å². The first-order chi connectivity index (χ1) is 14.0. The molecule has 3 rings (SSSR count). The highest BCUT2D eigenvalue weighted by Crippen LogP contribution is 2.32. The second kappa shape index (κ2) is 9.82. The lowest BCUT2D eigenvalue weighted by Crippen LogP contribution is -2.32. The Kier molecular flexibility index (Phi) is 7.18. The van der Waals surface area contributed by atoms with Gasteiger partial charge in [-0.15, -0.1) is 0 Å². The number of piperidine rings is 1. The first-order valence-electron chi connectivity index (χ1n) is 10.9. The number of likely N-dealkylation sites (N-methyl/N-ethyl adjacent to an activating group) is 1. The summed E-state index contributed by atoms with van der Waals surface area (Å²) in [5, 5.41) is 2.90. The Morgan fingerprint density at radius 1 is 1.03 bits per heavy atom. The van der Waals surface area contributed by atoms with Crippen LogP contribution in [0.25, 0.3) is 0 Å². The topological polar surface area (TPSA) is 41.6 Å². The molecule has 1 aliphatic heterocycles. The molecule has 0 aromatic heterocycles. The predicted molar refractivity (Wildman–Crippen MR) is 120 cm³/mol. The molecule has 1 atom stereocenters. The molecule has 4 heteroatoms. The van der Waals surface area contributed by atoms with Gasteiger partial charge in [0.2, 0.25) is 5.91 Å². The maximum atomic E-state index is 12.0. The van der Waals surface area contributed by atoms with E-state index in [-0.39, 0.29) is 17.9 Å². The van der Waals surface area contributed by atoms with Crippen LogP contribution in [0.15, 0.2) is 48.5 Å². The number of nitrogens with zero attached hydrogens (tertiary/aromatic N) is 1. The molecule has 0 radical (unpaired) electrons. The number of anilines is 1. The van der Waals surface area contributed by atoms with Crippen LogP contribution in [0.5, 0.6) is 5.75 Å². The number of hydrogen-bond donors (Lipinski definition) is 1. The van der Waals surface area contributed by atoms with E-state index in [4.69, 9.17) is 4.74 Å². The van der Waals surface area contributed by atoms with Gasteiger partial charge in [-0.1, -0.05) is 24.3 Å². The summed E-state index contributed by atoms with van der Waals surface area (Å²) >= 11 is 0. The molecular formula is C25H34N2O2. The van der Waals surface area contributed by atoms with E-state index >= 15 is 0 Å². The van der Waals surface area contributed by atoms with Crippen molar-refractivity contribution in [1.82, 2.24) is 5.32 Å². The van der Waals surface area contributed by atoms with Crippen molar-refractivity contribution in [3.8, 4) is 5.75 Å². The lowest BCUT2D eigenvalue weighted by molar-refractivity contribution is -0.122. The summed E-state index contributed by atoms with van der Waals surface area (Å²) in [6.07, 6.45) is 2.50. The van der Waals surface area contributed by atoms with Gasteiger partial charge < -0.3 is 15.0 Å². The highest BCUT2D eigenvalue weighted by Gasteiger charge is 2.21. The lowest BCUT2D eigenvalue weighted by Gasteiger charge is -2.34. The number of benzene rings is 2. The van der Waals surface area contributed by atoms with Gasteiger partial charge in [0, 0.05) is 25.3 Å². The number of nitrogens with one attached hydrogen (secondary N) is 1. The van der Waals surface area contributed by atoms with Crippen LogP contribution in [0, 0.1) is 0 Å². The monoisotopic (exact) mass is 394 g/mol. The Morgan fingerprint density at radius 3 is 2.21 bits per heavy atom. The first kappa shape index (κ1) is 21.2. The SMILES string of the molecule is CCNC(=O)C(C)c1ccc(C2CCN(c3ccc(OC(C)C)cc3)CC2)cc1. The molecule has 1 aliphatic rings. The second-order valence-electron chi connectivity index (χ2n) is 8.20. The van der Waals surface area contributed by atoms with Gasteiger partial charge in [0.25, 0.3) is 0 Å². The van der Waals surface area contributed by atoms with Crippen LogP contribution in [0.1, 0.15) is 63.5 Å². The number of carbonyl (C=O) groups is 1. The smallest absolute Gasteiger partial charge is 0.227 e. The van der Waals surface area contributed by atoms with Crippen molar-refractivity contribution in [3.05, 3.63) is 59.7 Å². The summed E-state index contributed by atoms with van der Waals surface area (Å²) in [4.78, 5) is 14.5. The fraction of sp³-hybridized carbons (Fsp3) is 0.480. The standard InChI is InChI=1S/C25H34N2O2/c1-5-26-25(28)19(4)20-6-8-21(9-7-20)22-14-16-27(17-15-22)23-10-12-24(13-11-23)29-18(2)3/h6-13,18-19,22H,5,14-17H2,1-4H3,(H,26,28). The summed E-state index contributed by atoms with van der Waals surface area (Å²) < 4.78 is 5.74. The molecule has 2 aromatic carbocycles. The van der Waals surface area contributed by atoms with E-state index in [0.717, 1.165) is 37.2 Å². The molecule has 2 aromatic rings. The molecule has 1 amide bonds. The van der Waals surface area contributed by atoms with E-state index in [0.29, 0.717) is 12.5 Å². The predicted octanol–water partition coefficient (Wildman–Crippen LogP) is 5.10. The van der Waals surface area contributed by atoms with Crippen LogP contribution in [0.4, 0.5) is 5.69 Å². The summed E-state index contributed by atoms with van der Waals surface area (Å²) in [7, 11) is 0. The summed E-state index contributed by atoms with van der Waals surface area (Å²) in [5.41, 5.74) is 3.74. The zero-order valence-electron chi connectivity index (χ0n) is 18.2. The molecule has 0 saturated carbocycles. The Balaban J connectivity index is 1.56. The Bertz CT molecular complexity index is 775. The molecule has 1 fully saturated rings. The van der Waals surface area contributed by atoms with Crippen molar-refractivity contribution in [2.75, 3.05) is 24.5 Å². The fourth-order valence-corrected chi connectivity index (χ4v) is 4.01. The second-order valence-corrected chi connectivity index (χ2v) is 8.20. The van der Waals surface area contributed by atoms with Crippen molar-refractivity contribution in [1.29, 1.82) is 0 Å². The van der Waals surface area contributed by atoms with Gasteiger partial charge in [-0.05, 0) is 81.8 Å². The van der Waals surface area contributed by atoms with Crippen LogP contribution < -0.4 is 15.0 Å². The van der Waals surface area contributed by atoms with Crippen molar-refractivity contribution < 1.29 is 9.53 Å². The maximum absolute atomic E-state index is 12.0. The van der Waals surface area contributed by atoms with Crippen molar-refractivity contribution in [2.24, 2.45) is 0 Å². The highest BCUT2D eigenvalue weighted by atomic mass is 16.5. The molecular weight excluding hydrogens is 360 g/mol. The van der Waals surface area contributed by atoms with Gasteiger partial charge in [-0.2, -0.15) is 0 Å². The Morgan fingerprint density at radius 2 is 1.66 bits per heavy atom. The molecule has 1 N–H and O–H groups in total. The molecule has 1 saturated heterocycles. The molecule has 1 heterocycles. The zero-order chi connectivity index (χ0) is 20.8. The number of carbonyl (C=O) groups excluding carboxylic acids is 1. The third kappa shape index (κ3) is 5.53. The van der Waals surface area contributed by atoms with E-state index in [9.17, 15) is 4.79 Å². The van der Waals surface area contributed by atoms with E-state index in [1.54, 1.807) is 0 Å². The molecule has 0 aliphatic carbocycles. The number of rotatable bonds is 7. The molecule has 0 bridgehead atoms. The Labute approximate surface area is 175 Å². The lowest BCUT2D eigenvalue weighted by atomic mass is 9.87. The highest BCUT2D eigenvalue weighted by molar-refractivity contribution is 5.83. The summed E-state index contributed by atoms with van der Waals surface area (Å²) in [6, 6.07) is 17.1. The van der Waals surface area contributed by atoms with E-state index in [1.165, 1.54) is 11.3 Å².